The third kappa shape index (κ3) is 10.6. The van der Waals surface area contributed by atoms with Crippen molar-refractivity contribution in [2.45, 2.75) is 33.1 Å². The van der Waals surface area contributed by atoms with Gasteiger partial charge in [0.05, 0.1) is 17.7 Å². The third-order valence-electron chi connectivity index (χ3n) is 4.31. The maximum absolute atomic E-state index is 12.2. The first-order valence-corrected chi connectivity index (χ1v) is 10.7. The Morgan fingerprint density at radius 1 is 0.667 bits per heavy atom. The number of hydrogen-bond donors (Lipinski definition) is 0. The van der Waals surface area contributed by atoms with Crippen LogP contribution in [0.5, 0.6) is 0 Å². The Hall–Kier alpha value is -2.78. The highest BCUT2D eigenvalue weighted by molar-refractivity contribution is 5.89. The molecule has 0 saturated carbocycles. The number of carbonyl (C=O) groups excluding carboxylic acids is 2. The van der Waals surface area contributed by atoms with Crippen LogP contribution in [-0.4, -0.2) is 38.4 Å². The van der Waals surface area contributed by atoms with E-state index in [2.05, 4.69) is 6.92 Å². The fraction of sp³-hybridized carbons (Fsp3) is 0.360. The van der Waals surface area contributed by atoms with Crippen LogP contribution in [0, 0.1) is 27.1 Å². The van der Waals surface area contributed by atoms with E-state index in [1.54, 1.807) is 48.5 Å². The number of ether oxygens (including phenoxy) is 2. The first kappa shape index (κ1) is 26.5. The highest BCUT2D eigenvalue weighted by Gasteiger charge is 2.21. The van der Waals surface area contributed by atoms with E-state index in [-0.39, 0.29) is 19.3 Å². The Kier molecular flexibility index (Phi) is 12.1. The van der Waals surface area contributed by atoms with Gasteiger partial charge in [-0.15, -0.1) is 9.78 Å². The molecule has 0 atom stereocenters. The van der Waals surface area contributed by atoms with Crippen molar-refractivity contribution in [1.29, 1.82) is 0 Å². The van der Waals surface area contributed by atoms with Gasteiger partial charge in [0.15, 0.2) is 0 Å². The maximum Gasteiger partial charge on any atom is 0.373 e. The fourth-order valence-electron chi connectivity index (χ4n) is 2.47. The van der Waals surface area contributed by atoms with Crippen LogP contribution in [0.4, 0.5) is 0 Å². The molecule has 0 aliphatic rings. The lowest BCUT2D eigenvalue weighted by Crippen LogP contribution is -2.18. The summed E-state index contributed by atoms with van der Waals surface area (Å²) in [6, 6.07) is 13.5. The third-order valence-corrected chi connectivity index (χ3v) is 4.31. The molecule has 2 aromatic rings. The Balaban J connectivity index is 1.82. The summed E-state index contributed by atoms with van der Waals surface area (Å²) in [5, 5.41) is 0. The molecule has 8 heteroatoms. The molecular weight excluding hydrogens is 428 g/mol. The van der Waals surface area contributed by atoms with Gasteiger partial charge in [0.1, 0.15) is 0 Å². The van der Waals surface area contributed by atoms with Gasteiger partial charge >= 0.3 is 18.2 Å². The molecule has 0 aliphatic heterocycles. The molecule has 0 heterocycles. The van der Waals surface area contributed by atoms with Crippen LogP contribution in [0.1, 0.15) is 51.1 Å². The molecular formula is C25H30O8. The van der Waals surface area contributed by atoms with E-state index in [0.717, 1.165) is 17.5 Å². The normalized spacial score (nSPS) is 10.9. The van der Waals surface area contributed by atoms with Gasteiger partial charge in [-0.05, 0) is 51.0 Å². The molecule has 2 aromatic carbocycles. The van der Waals surface area contributed by atoms with Crippen molar-refractivity contribution in [3.63, 3.8) is 0 Å². The topological polar surface area (TPSA) is 89.5 Å². The van der Waals surface area contributed by atoms with E-state index in [9.17, 15) is 9.59 Å². The highest BCUT2D eigenvalue weighted by Crippen LogP contribution is 2.16. The maximum atomic E-state index is 12.2. The molecule has 0 N–H and O–H groups in total. The summed E-state index contributed by atoms with van der Waals surface area (Å²) in [7, 11) is 0. The van der Waals surface area contributed by atoms with Crippen LogP contribution < -0.4 is 0 Å². The lowest BCUT2D eigenvalue weighted by Gasteiger charge is -2.14. The summed E-state index contributed by atoms with van der Waals surface area (Å²) in [4.78, 5) is 44.0. The van der Waals surface area contributed by atoms with Gasteiger partial charge in [-0.3, -0.25) is 9.78 Å². The van der Waals surface area contributed by atoms with Gasteiger partial charge in [-0.2, -0.15) is 0 Å². The Bertz CT molecular complexity index is 771. The zero-order valence-corrected chi connectivity index (χ0v) is 19.0. The smallest absolute Gasteiger partial charge is 0.373 e. The predicted molar refractivity (Wildman–Crippen MR) is 119 cm³/mol. The number of benzene rings is 2. The summed E-state index contributed by atoms with van der Waals surface area (Å²) in [5.41, 5.74) is 2.60. The van der Waals surface area contributed by atoms with E-state index in [1.165, 1.54) is 0 Å². The number of aryl methyl sites for hydroxylation is 2. The zero-order chi connectivity index (χ0) is 23.9. The van der Waals surface area contributed by atoms with Crippen LogP contribution in [-0.2, 0) is 29.0 Å². The van der Waals surface area contributed by atoms with Gasteiger partial charge in [0, 0.05) is 26.2 Å². The molecule has 0 fully saturated rings. The monoisotopic (exact) mass is 458 g/mol. The van der Waals surface area contributed by atoms with Gasteiger partial charge in [-0.25, -0.2) is 9.59 Å². The summed E-state index contributed by atoms with van der Waals surface area (Å²) >= 11 is 0. The quantitative estimate of drug-likeness (QED) is 0.215. The first-order chi connectivity index (χ1) is 16.0. The Morgan fingerprint density at radius 2 is 1.12 bits per heavy atom. The molecule has 33 heavy (non-hydrogen) atoms. The molecule has 0 amide bonds. The molecule has 2 rings (SSSR count). The van der Waals surface area contributed by atoms with Crippen molar-refractivity contribution in [1.82, 2.24) is 0 Å². The predicted octanol–water partition coefficient (Wildman–Crippen LogP) is 4.71. The van der Waals surface area contributed by atoms with Crippen molar-refractivity contribution in [3.8, 4) is 0 Å². The van der Waals surface area contributed by atoms with Crippen molar-refractivity contribution in [2.75, 3.05) is 26.4 Å². The van der Waals surface area contributed by atoms with E-state index in [1.807, 2.05) is 13.8 Å². The van der Waals surface area contributed by atoms with Crippen LogP contribution in [0.3, 0.4) is 0 Å². The van der Waals surface area contributed by atoms with Crippen LogP contribution in [0.25, 0.3) is 0 Å². The average molecular weight is 459 g/mol. The van der Waals surface area contributed by atoms with E-state index < -0.39 is 11.9 Å². The summed E-state index contributed by atoms with van der Waals surface area (Å²) < 4.78 is 10.8. The lowest BCUT2D eigenvalue weighted by molar-refractivity contribution is -0.364. The Morgan fingerprint density at radius 3 is 1.58 bits per heavy atom. The van der Waals surface area contributed by atoms with Gasteiger partial charge in [-0.1, -0.05) is 42.3 Å². The highest BCUT2D eigenvalue weighted by atomic mass is 17.3. The lowest BCUT2D eigenvalue weighted by atomic mass is 10.2. The number of hydrogen-bond acceptors (Lipinski definition) is 8. The minimum Gasteiger partial charge on any atom is -0.381 e. The second kappa shape index (κ2) is 15.1. The van der Waals surface area contributed by atoms with Gasteiger partial charge in [0.25, 0.3) is 0 Å². The van der Waals surface area contributed by atoms with Crippen molar-refractivity contribution >= 4 is 11.9 Å². The molecule has 0 aromatic heterocycles. The number of carbonyl (C=O) groups is 2. The van der Waals surface area contributed by atoms with E-state index in [4.69, 9.17) is 29.0 Å². The van der Waals surface area contributed by atoms with Crippen LogP contribution in [0.15, 0.2) is 48.5 Å². The standard InChI is InChI=1S/C25H30O8/c1-4-15-28-16-5-17-29-18-14-23(30-32-24(26)21-10-6-19(2)7-11-21)31-33-25(27)22-12-8-20(3)9-13-22/h6-13H,1,4-5,14-18H2,2-3H3. The summed E-state index contributed by atoms with van der Waals surface area (Å²) in [6.45, 7) is 9.33. The molecule has 0 bridgehead atoms. The fourth-order valence-corrected chi connectivity index (χ4v) is 2.47. The van der Waals surface area contributed by atoms with Crippen molar-refractivity contribution < 1.29 is 38.6 Å². The van der Waals surface area contributed by atoms with Crippen molar-refractivity contribution in [2.24, 2.45) is 0 Å². The summed E-state index contributed by atoms with van der Waals surface area (Å²) in [6.07, 6.45) is 1.27. The minimum atomic E-state index is -0.718. The molecule has 0 aliphatic carbocycles. The summed E-state index contributed by atoms with van der Waals surface area (Å²) in [5.74, 6) is -1.44. The average Bonchev–Trinajstić information content (AvgIpc) is 2.82. The molecule has 0 saturated heterocycles. The second-order valence-electron chi connectivity index (χ2n) is 7.19. The zero-order valence-electron chi connectivity index (χ0n) is 19.0. The van der Waals surface area contributed by atoms with E-state index in [0.29, 0.717) is 37.4 Å². The molecule has 2 radical (unpaired) electrons. The molecule has 8 nitrogen and oxygen atoms in total. The molecule has 0 spiro atoms. The minimum absolute atomic E-state index is 0.0715. The molecule has 0 unspecified atom stereocenters. The Labute approximate surface area is 194 Å². The number of rotatable bonds is 15. The van der Waals surface area contributed by atoms with Gasteiger partial charge in [0.2, 0.25) is 0 Å². The van der Waals surface area contributed by atoms with Gasteiger partial charge < -0.3 is 9.47 Å². The largest absolute Gasteiger partial charge is 0.381 e. The van der Waals surface area contributed by atoms with Crippen LogP contribution in [0.2, 0.25) is 0 Å². The SMILES string of the molecule is [CH2]CCOCCCOCC[C](OOC(=O)c1ccc(C)cc1)OOC(=O)c1ccc(C)cc1. The van der Waals surface area contributed by atoms with Crippen LogP contribution >= 0.6 is 0 Å². The first-order valence-electron chi connectivity index (χ1n) is 10.7. The van der Waals surface area contributed by atoms with Crippen molar-refractivity contribution in [3.05, 3.63) is 84.0 Å². The van der Waals surface area contributed by atoms with E-state index >= 15 is 0 Å². The molecule has 178 valence electrons. The second-order valence-corrected chi connectivity index (χ2v) is 7.19.